The molecule has 0 saturated heterocycles. The quantitative estimate of drug-likeness (QED) is 0.825. The van der Waals surface area contributed by atoms with Gasteiger partial charge in [0, 0.05) is 12.6 Å². The number of benzene rings is 2. The van der Waals surface area contributed by atoms with Gasteiger partial charge in [0.1, 0.15) is 5.75 Å². The minimum atomic E-state index is 0.507. The molecule has 21 heavy (non-hydrogen) atoms. The average molecular weight is 283 g/mol. The Hall–Kier alpha value is -1.80. The molecule has 0 aliphatic carbocycles. The summed E-state index contributed by atoms with van der Waals surface area (Å²) in [5.74, 6) is 0.909. The Morgan fingerprint density at radius 2 is 1.81 bits per heavy atom. The standard InChI is InChI=1S/C19H25NO/c1-15-5-4-6-17(13-15)8-7-16(2)20-14-18-9-11-19(21-3)12-10-18/h4-6,9-13,16,20H,7-8,14H2,1-3H3. The lowest BCUT2D eigenvalue weighted by Gasteiger charge is -2.14. The maximum absolute atomic E-state index is 5.17. The normalized spacial score (nSPS) is 12.1. The Balaban J connectivity index is 1.75. The largest absolute Gasteiger partial charge is 0.497 e. The van der Waals surface area contributed by atoms with Crippen LogP contribution in [0.15, 0.2) is 48.5 Å². The van der Waals surface area contributed by atoms with Crippen LogP contribution in [-0.4, -0.2) is 13.2 Å². The molecule has 0 heterocycles. The molecule has 0 aromatic heterocycles. The van der Waals surface area contributed by atoms with Crippen LogP contribution in [0.3, 0.4) is 0 Å². The molecule has 0 saturated carbocycles. The fourth-order valence-corrected chi connectivity index (χ4v) is 2.39. The molecule has 0 radical (unpaired) electrons. The van der Waals surface area contributed by atoms with Gasteiger partial charge in [-0.05, 0) is 49.9 Å². The summed E-state index contributed by atoms with van der Waals surface area (Å²) in [5.41, 5.74) is 4.05. The number of hydrogen-bond donors (Lipinski definition) is 1. The molecule has 0 aliphatic heterocycles. The first-order chi connectivity index (χ1) is 10.2. The van der Waals surface area contributed by atoms with Crippen molar-refractivity contribution in [3.8, 4) is 5.75 Å². The second kappa shape index (κ2) is 7.84. The van der Waals surface area contributed by atoms with Crippen LogP contribution in [0.4, 0.5) is 0 Å². The predicted octanol–water partition coefficient (Wildman–Crippen LogP) is 4.11. The summed E-state index contributed by atoms with van der Waals surface area (Å²) in [6, 6.07) is 17.5. The lowest BCUT2D eigenvalue weighted by Crippen LogP contribution is -2.25. The molecule has 0 bridgehead atoms. The second-order valence-corrected chi connectivity index (χ2v) is 5.66. The molecule has 1 unspecified atom stereocenters. The molecule has 0 aliphatic rings. The highest BCUT2D eigenvalue weighted by Gasteiger charge is 2.03. The zero-order valence-electron chi connectivity index (χ0n) is 13.2. The second-order valence-electron chi connectivity index (χ2n) is 5.66. The van der Waals surface area contributed by atoms with E-state index in [0.29, 0.717) is 6.04 Å². The van der Waals surface area contributed by atoms with Crippen molar-refractivity contribution in [3.63, 3.8) is 0 Å². The van der Waals surface area contributed by atoms with Crippen molar-refractivity contribution in [2.45, 2.75) is 39.3 Å². The average Bonchev–Trinajstić information content (AvgIpc) is 2.51. The van der Waals surface area contributed by atoms with Gasteiger partial charge < -0.3 is 10.1 Å². The van der Waals surface area contributed by atoms with E-state index in [1.165, 1.54) is 16.7 Å². The summed E-state index contributed by atoms with van der Waals surface area (Å²) in [6.07, 6.45) is 2.28. The van der Waals surface area contributed by atoms with Crippen LogP contribution in [0.1, 0.15) is 30.0 Å². The van der Waals surface area contributed by atoms with E-state index < -0.39 is 0 Å². The first-order valence-electron chi connectivity index (χ1n) is 7.59. The topological polar surface area (TPSA) is 21.3 Å². The maximum Gasteiger partial charge on any atom is 0.118 e. The molecular formula is C19H25NO. The van der Waals surface area contributed by atoms with E-state index in [1.807, 2.05) is 12.1 Å². The molecule has 1 N–H and O–H groups in total. The number of hydrogen-bond acceptors (Lipinski definition) is 2. The van der Waals surface area contributed by atoms with Crippen molar-refractivity contribution in [2.24, 2.45) is 0 Å². The van der Waals surface area contributed by atoms with Gasteiger partial charge in [-0.1, -0.05) is 42.0 Å². The van der Waals surface area contributed by atoms with Crippen LogP contribution in [0, 0.1) is 6.92 Å². The smallest absolute Gasteiger partial charge is 0.118 e. The molecule has 2 aromatic rings. The highest BCUT2D eigenvalue weighted by molar-refractivity contribution is 5.27. The number of nitrogens with one attached hydrogen (secondary N) is 1. The minimum Gasteiger partial charge on any atom is -0.497 e. The zero-order valence-corrected chi connectivity index (χ0v) is 13.2. The van der Waals surface area contributed by atoms with Gasteiger partial charge in [0.2, 0.25) is 0 Å². The molecule has 0 fully saturated rings. The van der Waals surface area contributed by atoms with Gasteiger partial charge in [-0.2, -0.15) is 0 Å². The van der Waals surface area contributed by atoms with E-state index in [1.54, 1.807) is 7.11 Å². The van der Waals surface area contributed by atoms with Gasteiger partial charge in [0.05, 0.1) is 7.11 Å². The third-order valence-electron chi connectivity index (χ3n) is 3.76. The number of ether oxygens (including phenoxy) is 1. The Labute approximate surface area is 128 Å². The number of methoxy groups -OCH3 is 1. The number of rotatable bonds is 7. The number of aryl methyl sites for hydroxylation is 2. The molecule has 0 spiro atoms. The van der Waals surface area contributed by atoms with E-state index >= 15 is 0 Å². The lowest BCUT2D eigenvalue weighted by atomic mass is 10.0. The van der Waals surface area contributed by atoms with Crippen molar-refractivity contribution in [1.82, 2.24) is 5.32 Å². The van der Waals surface area contributed by atoms with Crippen LogP contribution < -0.4 is 10.1 Å². The van der Waals surface area contributed by atoms with Gasteiger partial charge >= 0.3 is 0 Å². The van der Waals surface area contributed by atoms with Crippen LogP contribution in [0.25, 0.3) is 0 Å². The van der Waals surface area contributed by atoms with E-state index in [4.69, 9.17) is 4.74 Å². The van der Waals surface area contributed by atoms with E-state index in [0.717, 1.165) is 25.1 Å². The Morgan fingerprint density at radius 1 is 1.05 bits per heavy atom. The molecule has 2 heteroatoms. The van der Waals surface area contributed by atoms with Crippen molar-refractivity contribution >= 4 is 0 Å². The van der Waals surface area contributed by atoms with Crippen LogP contribution in [0.5, 0.6) is 5.75 Å². The maximum atomic E-state index is 5.17. The molecule has 1 atom stereocenters. The molecule has 2 nitrogen and oxygen atoms in total. The van der Waals surface area contributed by atoms with Gasteiger partial charge in [-0.25, -0.2) is 0 Å². The first kappa shape index (κ1) is 15.6. The third-order valence-corrected chi connectivity index (χ3v) is 3.76. The Kier molecular flexibility index (Phi) is 5.82. The fourth-order valence-electron chi connectivity index (χ4n) is 2.39. The first-order valence-corrected chi connectivity index (χ1v) is 7.59. The van der Waals surface area contributed by atoms with Gasteiger partial charge in [-0.3, -0.25) is 0 Å². The summed E-state index contributed by atoms with van der Waals surface area (Å²) in [5, 5.41) is 3.58. The van der Waals surface area contributed by atoms with Gasteiger partial charge in [0.15, 0.2) is 0 Å². The Morgan fingerprint density at radius 3 is 2.48 bits per heavy atom. The molecule has 2 aromatic carbocycles. The van der Waals surface area contributed by atoms with Crippen molar-refractivity contribution in [1.29, 1.82) is 0 Å². The van der Waals surface area contributed by atoms with Crippen LogP contribution >= 0.6 is 0 Å². The summed E-state index contributed by atoms with van der Waals surface area (Å²) in [4.78, 5) is 0. The summed E-state index contributed by atoms with van der Waals surface area (Å²) >= 11 is 0. The van der Waals surface area contributed by atoms with Crippen LogP contribution in [0.2, 0.25) is 0 Å². The highest BCUT2D eigenvalue weighted by Crippen LogP contribution is 2.12. The third kappa shape index (κ3) is 5.24. The van der Waals surface area contributed by atoms with Gasteiger partial charge in [-0.15, -0.1) is 0 Å². The SMILES string of the molecule is COc1ccc(CNC(C)CCc2cccc(C)c2)cc1. The minimum absolute atomic E-state index is 0.507. The van der Waals surface area contributed by atoms with Gasteiger partial charge in [0.25, 0.3) is 0 Å². The monoisotopic (exact) mass is 283 g/mol. The lowest BCUT2D eigenvalue weighted by molar-refractivity contribution is 0.414. The van der Waals surface area contributed by atoms with E-state index in [-0.39, 0.29) is 0 Å². The van der Waals surface area contributed by atoms with Crippen LogP contribution in [-0.2, 0) is 13.0 Å². The predicted molar refractivity (Wildman–Crippen MR) is 88.8 cm³/mol. The van der Waals surface area contributed by atoms with Crippen molar-refractivity contribution < 1.29 is 4.74 Å². The van der Waals surface area contributed by atoms with E-state index in [9.17, 15) is 0 Å². The van der Waals surface area contributed by atoms with Crippen molar-refractivity contribution in [2.75, 3.05) is 7.11 Å². The zero-order chi connectivity index (χ0) is 15.1. The summed E-state index contributed by atoms with van der Waals surface area (Å²) < 4.78 is 5.17. The molecule has 0 amide bonds. The fraction of sp³-hybridized carbons (Fsp3) is 0.368. The van der Waals surface area contributed by atoms with E-state index in [2.05, 4.69) is 55.6 Å². The summed E-state index contributed by atoms with van der Waals surface area (Å²) in [6.45, 7) is 5.30. The summed E-state index contributed by atoms with van der Waals surface area (Å²) in [7, 11) is 1.70. The van der Waals surface area contributed by atoms with Crippen molar-refractivity contribution in [3.05, 3.63) is 65.2 Å². The molecule has 2 rings (SSSR count). The Bertz CT molecular complexity index is 548. The highest BCUT2D eigenvalue weighted by atomic mass is 16.5. The molecular weight excluding hydrogens is 258 g/mol. The molecule has 112 valence electrons.